The van der Waals surface area contributed by atoms with Crippen molar-refractivity contribution in [3.8, 4) is 11.5 Å². The maximum absolute atomic E-state index is 12.8. The lowest BCUT2D eigenvalue weighted by Gasteiger charge is -2.36. The molecule has 1 amide bonds. The van der Waals surface area contributed by atoms with Gasteiger partial charge in [0.05, 0.1) is 14.2 Å². The van der Waals surface area contributed by atoms with Gasteiger partial charge in [0, 0.05) is 19.0 Å². The number of fused-ring (bicyclic) bond motifs is 1. The molecular weight excluding hydrogens is 358 g/mol. The summed E-state index contributed by atoms with van der Waals surface area (Å²) in [6.45, 7) is 2.10. The first-order valence-corrected chi connectivity index (χ1v) is 9.22. The zero-order chi connectivity index (χ0) is 20.1. The smallest absolute Gasteiger partial charge is 0.410 e. The fraction of sp³-hybridized carbons (Fsp3) is 0.364. The van der Waals surface area contributed by atoms with Crippen molar-refractivity contribution >= 4 is 11.9 Å². The molecule has 148 valence electrons. The molecule has 1 aliphatic heterocycles. The number of methoxy groups -OCH3 is 2. The van der Waals surface area contributed by atoms with Crippen molar-refractivity contribution in [1.29, 1.82) is 0 Å². The lowest BCUT2D eigenvalue weighted by atomic mass is 9.91. The van der Waals surface area contributed by atoms with Crippen LogP contribution in [0.15, 0.2) is 42.5 Å². The van der Waals surface area contributed by atoms with E-state index in [9.17, 15) is 9.59 Å². The number of nitrogens with zero attached hydrogens (tertiary/aromatic N) is 1. The number of hydrogen-bond donors (Lipinski definition) is 0. The minimum atomic E-state index is -0.421. The van der Waals surface area contributed by atoms with Crippen LogP contribution in [0.4, 0.5) is 4.79 Å². The standard InChI is InChI=1S/C22H25NO5/c1-15(24)9-19-10-17-11-20(26-2)21(27-3)12-18(17)13-23(19)22(25)28-14-16-7-5-4-6-8-16/h4-8,11-12,19H,9-10,13-14H2,1-3H3/t19-/m0/s1. The fourth-order valence-electron chi connectivity index (χ4n) is 3.51. The van der Waals surface area contributed by atoms with E-state index in [1.807, 2.05) is 42.5 Å². The lowest BCUT2D eigenvalue weighted by Crippen LogP contribution is -2.45. The number of ketones is 1. The lowest BCUT2D eigenvalue weighted by molar-refractivity contribution is -0.118. The van der Waals surface area contributed by atoms with E-state index in [0.29, 0.717) is 24.5 Å². The molecule has 0 aliphatic carbocycles. The number of carbonyl (C=O) groups excluding carboxylic acids is 2. The van der Waals surface area contributed by atoms with Crippen molar-refractivity contribution in [3.05, 3.63) is 59.2 Å². The molecule has 2 aromatic rings. The second-order valence-corrected chi connectivity index (χ2v) is 6.91. The van der Waals surface area contributed by atoms with Gasteiger partial charge < -0.3 is 19.1 Å². The van der Waals surface area contributed by atoms with E-state index < -0.39 is 6.09 Å². The largest absolute Gasteiger partial charge is 0.493 e. The van der Waals surface area contributed by atoms with Crippen LogP contribution in [-0.4, -0.2) is 37.0 Å². The van der Waals surface area contributed by atoms with Crippen LogP contribution >= 0.6 is 0 Å². The number of carbonyl (C=O) groups is 2. The van der Waals surface area contributed by atoms with Gasteiger partial charge in [0.25, 0.3) is 0 Å². The van der Waals surface area contributed by atoms with E-state index in [1.165, 1.54) is 6.92 Å². The third kappa shape index (κ3) is 4.44. The van der Waals surface area contributed by atoms with Crippen molar-refractivity contribution in [3.63, 3.8) is 0 Å². The molecule has 0 unspecified atom stereocenters. The predicted molar refractivity (Wildman–Crippen MR) is 105 cm³/mol. The van der Waals surface area contributed by atoms with Gasteiger partial charge in [-0.15, -0.1) is 0 Å². The Morgan fingerprint density at radius 3 is 2.29 bits per heavy atom. The van der Waals surface area contributed by atoms with Crippen LogP contribution in [0, 0.1) is 0 Å². The van der Waals surface area contributed by atoms with Gasteiger partial charge in [-0.05, 0) is 42.2 Å². The Morgan fingerprint density at radius 1 is 1.04 bits per heavy atom. The topological polar surface area (TPSA) is 65.1 Å². The highest BCUT2D eigenvalue weighted by molar-refractivity contribution is 5.77. The van der Waals surface area contributed by atoms with E-state index in [4.69, 9.17) is 14.2 Å². The molecule has 0 saturated carbocycles. The van der Waals surface area contributed by atoms with Crippen molar-refractivity contribution in [2.75, 3.05) is 14.2 Å². The van der Waals surface area contributed by atoms with Crippen LogP contribution in [0.5, 0.6) is 11.5 Å². The van der Waals surface area contributed by atoms with E-state index >= 15 is 0 Å². The van der Waals surface area contributed by atoms with E-state index in [2.05, 4.69) is 0 Å². The van der Waals surface area contributed by atoms with E-state index in [-0.39, 0.29) is 24.9 Å². The van der Waals surface area contributed by atoms with Crippen LogP contribution in [0.1, 0.15) is 30.0 Å². The molecule has 3 rings (SSSR count). The van der Waals surface area contributed by atoms with Crippen molar-refractivity contribution in [2.24, 2.45) is 0 Å². The molecule has 1 atom stereocenters. The molecule has 0 radical (unpaired) electrons. The third-order valence-corrected chi connectivity index (χ3v) is 4.91. The molecule has 28 heavy (non-hydrogen) atoms. The molecule has 6 heteroatoms. The van der Waals surface area contributed by atoms with Gasteiger partial charge in [-0.1, -0.05) is 30.3 Å². The summed E-state index contributed by atoms with van der Waals surface area (Å²) in [5.74, 6) is 1.29. The second-order valence-electron chi connectivity index (χ2n) is 6.91. The van der Waals surface area contributed by atoms with Gasteiger partial charge in [-0.25, -0.2) is 4.79 Å². The minimum Gasteiger partial charge on any atom is -0.493 e. The quantitative estimate of drug-likeness (QED) is 0.760. The van der Waals surface area contributed by atoms with Gasteiger partial charge in [0.1, 0.15) is 12.4 Å². The summed E-state index contributed by atoms with van der Waals surface area (Å²) in [7, 11) is 3.17. The molecule has 1 heterocycles. The highest BCUT2D eigenvalue weighted by atomic mass is 16.6. The Hall–Kier alpha value is -3.02. The summed E-state index contributed by atoms with van der Waals surface area (Å²) in [5, 5.41) is 0. The van der Waals surface area contributed by atoms with Crippen molar-refractivity contribution in [1.82, 2.24) is 4.90 Å². The number of benzene rings is 2. The zero-order valence-electron chi connectivity index (χ0n) is 16.4. The average Bonchev–Trinajstić information content (AvgIpc) is 2.70. The summed E-state index contributed by atoms with van der Waals surface area (Å²) in [4.78, 5) is 26.2. The van der Waals surface area contributed by atoms with Crippen LogP contribution in [-0.2, 0) is 29.1 Å². The predicted octanol–water partition coefficient (Wildman–Crippen LogP) is 3.75. The van der Waals surface area contributed by atoms with Gasteiger partial charge in [0.15, 0.2) is 11.5 Å². The highest BCUT2D eigenvalue weighted by Crippen LogP contribution is 2.35. The van der Waals surface area contributed by atoms with Gasteiger partial charge in [-0.2, -0.15) is 0 Å². The highest BCUT2D eigenvalue weighted by Gasteiger charge is 2.32. The molecule has 0 fully saturated rings. The first kappa shape index (κ1) is 19.7. The van der Waals surface area contributed by atoms with Crippen molar-refractivity contribution < 1.29 is 23.8 Å². The summed E-state index contributed by atoms with van der Waals surface area (Å²) in [6, 6.07) is 13.1. The molecule has 0 saturated heterocycles. The van der Waals surface area contributed by atoms with Gasteiger partial charge in [0.2, 0.25) is 0 Å². The number of Topliss-reactive ketones (excluding diaryl/α,β-unsaturated/α-hetero) is 1. The Labute approximate surface area is 165 Å². The molecule has 0 spiro atoms. The summed E-state index contributed by atoms with van der Waals surface area (Å²) in [5.41, 5.74) is 2.94. The molecule has 0 aromatic heterocycles. The summed E-state index contributed by atoms with van der Waals surface area (Å²) >= 11 is 0. The van der Waals surface area contributed by atoms with Crippen molar-refractivity contribution in [2.45, 2.75) is 39.0 Å². The number of rotatable bonds is 6. The second kappa shape index (κ2) is 8.78. The molecule has 1 aliphatic rings. The monoisotopic (exact) mass is 383 g/mol. The van der Waals surface area contributed by atoms with E-state index in [0.717, 1.165) is 16.7 Å². The Morgan fingerprint density at radius 2 is 1.68 bits per heavy atom. The number of amides is 1. The van der Waals surface area contributed by atoms with E-state index in [1.54, 1.807) is 19.1 Å². The molecule has 6 nitrogen and oxygen atoms in total. The average molecular weight is 383 g/mol. The Balaban J connectivity index is 1.82. The summed E-state index contributed by atoms with van der Waals surface area (Å²) in [6.07, 6.45) is 0.430. The maximum Gasteiger partial charge on any atom is 0.410 e. The molecule has 2 aromatic carbocycles. The normalized spacial score (nSPS) is 15.5. The number of ether oxygens (including phenoxy) is 3. The van der Waals surface area contributed by atoms with Crippen LogP contribution < -0.4 is 9.47 Å². The van der Waals surface area contributed by atoms with Gasteiger partial charge in [-0.3, -0.25) is 4.79 Å². The molecular formula is C22H25NO5. The number of hydrogen-bond acceptors (Lipinski definition) is 5. The van der Waals surface area contributed by atoms with Crippen LogP contribution in [0.25, 0.3) is 0 Å². The van der Waals surface area contributed by atoms with Crippen LogP contribution in [0.3, 0.4) is 0 Å². The summed E-state index contributed by atoms with van der Waals surface area (Å²) < 4.78 is 16.3. The SMILES string of the molecule is COc1cc2c(cc1OC)CN(C(=O)OCc1ccccc1)[C@@H](CC(C)=O)C2. The fourth-order valence-corrected chi connectivity index (χ4v) is 3.51. The van der Waals surface area contributed by atoms with Gasteiger partial charge >= 0.3 is 6.09 Å². The maximum atomic E-state index is 12.8. The minimum absolute atomic E-state index is 0.0368. The Bertz CT molecular complexity index is 850. The first-order valence-electron chi connectivity index (χ1n) is 9.22. The van der Waals surface area contributed by atoms with Crippen LogP contribution in [0.2, 0.25) is 0 Å². The Kier molecular flexibility index (Phi) is 6.19. The first-order chi connectivity index (χ1) is 13.5. The molecule has 0 bridgehead atoms. The molecule has 0 N–H and O–H groups in total. The third-order valence-electron chi connectivity index (χ3n) is 4.91. The zero-order valence-corrected chi connectivity index (χ0v) is 16.4.